The zero-order valence-corrected chi connectivity index (χ0v) is 15.9. The summed E-state index contributed by atoms with van der Waals surface area (Å²) in [6, 6.07) is 7.64. The van der Waals surface area contributed by atoms with Crippen LogP contribution in [0.5, 0.6) is 0 Å². The van der Waals surface area contributed by atoms with Crippen LogP contribution >= 0.6 is 0 Å². The summed E-state index contributed by atoms with van der Waals surface area (Å²) in [5, 5.41) is 3.26. The lowest BCUT2D eigenvalue weighted by Gasteiger charge is -2.59. The molecule has 6 rings (SSSR count). The van der Waals surface area contributed by atoms with E-state index in [1.165, 1.54) is 49.3 Å². The molecule has 1 aromatic carbocycles. The lowest BCUT2D eigenvalue weighted by molar-refractivity contribution is -0.126. The number of hydrogen-bond acceptors (Lipinski definition) is 3. The van der Waals surface area contributed by atoms with E-state index in [-0.39, 0.29) is 29.5 Å². The topological polar surface area (TPSA) is 64.0 Å². The van der Waals surface area contributed by atoms with E-state index < -0.39 is 0 Å². The van der Waals surface area contributed by atoms with Gasteiger partial charge in [-0.15, -0.1) is 0 Å². The van der Waals surface area contributed by atoms with Crippen molar-refractivity contribution in [3.8, 4) is 0 Å². The van der Waals surface area contributed by atoms with Crippen LogP contribution in [0, 0.1) is 23.2 Å². The van der Waals surface area contributed by atoms with E-state index in [0.29, 0.717) is 5.52 Å². The second kappa shape index (κ2) is 6.18. The first-order valence-corrected chi connectivity index (χ1v) is 10.3. The maximum absolute atomic E-state index is 12.8. The van der Waals surface area contributed by atoms with Crippen molar-refractivity contribution in [1.82, 2.24) is 14.9 Å². The molecule has 4 fully saturated rings. The van der Waals surface area contributed by atoms with Gasteiger partial charge >= 0.3 is 0 Å². The fraction of sp³-hybridized carbons (Fsp3) is 0.591. The molecule has 1 amide bonds. The number of nitrogens with zero attached hydrogens (tertiary/aromatic N) is 2. The molecule has 142 valence electrons. The van der Waals surface area contributed by atoms with E-state index in [1.807, 2.05) is 24.3 Å². The first-order chi connectivity index (χ1) is 13.0. The van der Waals surface area contributed by atoms with Crippen LogP contribution in [-0.4, -0.2) is 21.5 Å². The molecule has 0 saturated heterocycles. The standard InChI is InChI=1S/C22H27N3O2/c1-14(22-9-15-6-16(10-22)8-17(7-15)11-22)24-20(26)13-25-19-5-3-2-4-18(19)23-12-21(25)27/h2-5,12,14-17H,6-11,13H2,1H3,(H,24,26)/t14-,15?,16?,17?,22?/m0/s1. The van der Waals surface area contributed by atoms with Crippen LogP contribution in [0.25, 0.3) is 11.0 Å². The van der Waals surface area contributed by atoms with Crippen LogP contribution < -0.4 is 10.9 Å². The van der Waals surface area contributed by atoms with Gasteiger partial charge in [0.1, 0.15) is 6.54 Å². The summed E-state index contributed by atoms with van der Waals surface area (Å²) in [6.45, 7) is 2.23. The first-order valence-electron chi connectivity index (χ1n) is 10.3. The summed E-state index contributed by atoms with van der Waals surface area (Å²) in [4.78, 5) is 29.3. The smallest absolute Gasteiger partial charge is 0.269 e. The molecule has 0 spiro atoms. The summed E-state index contributed by atoms with van der Waals surface area (Å²) in [6.07, 6.45) is 9.29. The van der Waals surface area contributed by atoms with Gasteiger partial charge in [0.25, 0.3) is 5.56 Å². The SMILES string of the molecule is C[C@H](NC(=O)Cn1c(=O)cnc2ccccc21)C12CC3CC(CC(C3)C1)C2. The average Bonchev–Trinajstić information content (AvgIpc) is 2.63. The number of amides is 1. The number of fused-ring (bicyclic) bond motifs is 1. The summed E-state index contributed by atoms with van der Waals surface area (Å²) < 4.78 is 1.53. The van der Waals surface area contributed by atoms with Crippen molar-refractivity contribution in [2.45, 2.75) is 58.0 Å². The minimum absolute atomic E-state index is 0.0541. The van der Waals surface area contributed by atoms with Crippen molar-refractivity contribution in [2.24, 2.45) is 23.2 Å². The predicted octanol–water partition coefficient (Wildman–Crippen LogP) is 3.12. The van der Waals surface area contributed by atoms with Crippen molar-refractivity contribution in [2.75, 3.05) is 0 Å². The van der Waals surface area contributed by atoms with E-state index in [2.05, 4.69) is 17.2 Å². The quantitative estimate of drug-likeness (QED) is 0.905. The number of rotatable bonds is 4. The van der Waals surface area contributed by atoms with Crippen molar-refractivity contribution >= 4 is 16.9 Å². The van der Waals surface area contributed by atoms with E-state index in [0.717, 1.165) is 23.3 Å². The molecule has 4 aliphatic carbocycles. The van der Waals surface area contributed by atoms with Gasteiger partial charge in [0, 0.05) is 6.04 Å². The van der Waals surface area contributed by atoms with E-state index in [9.17, 15) is 9.59 Å². The largest absolute Gasteiger partial charge is 0.352 e. The van der Waals surface area contributed by atoms with Crippen LogP contribution in [0.4, 0.5) is 0 Å². The highest BCUT2D eigenvalue weighted by Crippen LogP contribution is 2.61. The van der Waals surface area contributed by atoms with Gasteiger partial charge in [0.15, 0.2) is 0 Å². The fourth-order valence-electron chi connectivity index (χ4n) is 6.57. The summed E-state index contributed by atoms with van der Waals surface area (Å²) in [5.74, 6) is 2.52. The minimum Gasteiger partial charge on any atom is -0.352 e. The molecular formula is C22H27N3O2. The van der Waals surface area contributed by atoms with Gasteiger partial charge in [-0.3, -0.25) is 14.2 Å². The normalized spacial score (nSPS) is 32.6. The van der Waals surface area contributed by atoms with Gasteiger partial charge in [-0.25, -0.2) is 4.98 Å². The monoisotopic (exact) mass is 365 g/mol. The minimum atomic E-state index is -0.230. The Morgan fingerprint density at radius 3 is 2.48 bits per heavy atom. The zero-order chi connectivity index (χ0) is 18.6. The highest BCUT2D eigenvalue weighted by Gasteiger charge is 2.53. The number of aromatic nitrogens is 2. The zero-order valence-electron chi connectivity index (χ0n) is 15.9. The Morgan fingerprint density at radius 1 is 1.19 bits per heavy atom. The molecule has 5 heteroatoms. The maximum atomic E-state index is 12.8. The number of hydrogen-bond donors (Lipinski definition) is 1. The molecule has 4 aliphatic rings. The molecule has 0 unspecified atom stereocenters. The second-order valence-corrected chi connectivity index (χ2v) is 9.24. The third kappa shape index (κ3) is 2.88. The van der Waals surface area contributed by atoms with Crippen LogP contribution in [0.1, 0.15) is 45.4 Å². The first kappa shape index (κ1) is 17.0. The van der Waals surface area contributed by atoms with Crippen LogP contribution in [0.2, 0.25) is 0 Å². The summed E-state index contributed by atoms with van der Waals surface area (Å²) >= 11 is 0. The van der Waals surface area contributed by atoms with Gasteiger partial charge in [0.2, 0.25) is 5.91 Å². The lowest BCUT2D eigenvalue weighted by Crippen LogP contribution is -2.56. The third-order valence-electron chi connectivity index (χ3n) is 7.44. The van der Waals surface area contributed by atoms with Crippen LogP contribution in [-0.2, 0) is 11.3 Å². The highest BCUT2D eigenvalue weighted by atomic mass is 16.2. The lowest BCUT2D eigenvalue weighted by atomic mass is 9.48. The maximum Gasteiger partial charge on any atom is 0.269 e. The van der Waals surface area contributed by atoms with Crippen molar-refractivity contribution in [1.29, 1.82) is 0 Å². The van der Waals surface area contributed by atoms with E-state index in [1.54, 1.807) is 0 Å². The van der Waals surface area contributed by atoms with Crippen molar-refractivity contribution in [3.63, 3.8) is 0 Å². The van der Waals surface area contributed by atoms with Gasteiger partial charge in [0.05, 0.1) is 17.2 Å². The molecule has 5 nitrogen and oxygen atoms in total. The number of carbonyl (C=O) groups excluding carboxylic acids is 1. The Hall–Kier alpha value is -2.17. The molecule has 0 aliphatic heterocycles. The molecule has 0 radical (unpaired) electrons. The summed E-state index contributed by atoms with van der Waals surface area (Å²) in [5.41, 5.74) is 1.49. The number of para-hydroxylation sites is 2. The fourth-order valence-corrected chi connectivity index (χ4v) is 6.57. The Labute approximate surface area is 159 Å². The summed E-state index contributed by atoms with van der Waals surface area (Å²) in [7, 11) is 0. The number of carbonyl (C=O) groups is 1. The second-order valence-electron chi connectivity index (χ2n) is 9.24. The molecular weight excluding hydrogens is 338 g/mol. The molecule has 1 N–H and O–H groups in total. The van der Waals surface area contributed by atoms with Gasteiger partial charge in [-0.1, -0.05) is 12.1 Å². The van der Waals surface area contributed by atoms with Crippen molar-refractivity contribution in [3.05, 3.63) is 40.8 Å². The number of benzene rings is 1. The Morgan fingerprint density at radius 2 is 1.81 bits per heavy atom. The molecule has 1 heterocycles. The molecule has 4 bridgehead atoms. The van der Waals surface area contributed by atoms with Gasteiger partial charge in [-0.05, 0) is 80.8 Å². The highest BCUT2D eigenvalue weighted by molar-refractivity contribution is 5.80. The Balaban J connectivity index is 1.34. The van der Waals surface area contributed by atoms with Crippen LogP contribution in [0.15, 0.2) is 35.3 Å². The van der Waals surface area contributed by atoms with Gasteiger partial charge < -0.3 is 5.32 Å². The van der Waals surface area contributed by atoms with E-state index >= 15 is 0 Å². The van der Waals surface area contributed by atoms with Crippen molar-refractivity contribution < 1.29 is 4.79 Å². The van der Waals surface area contributed by atoms with E-state index in [4.69, 9.17) is 0 Å². The van der Waals surface area contributed by atoms with Gasteiger partial charge in [-0.2, -0.15) is 0 Å². The number of nitrogens with one attached hydrogen (secondary N) is 1. The average molecular weight is 365 g/mol. The molecule has 27 heavy (non-hydrogen) atoms. The van der Waals surface area contributed by atoms with Crippen LogP contribution in [0.3, 0.4) is 0 Å². The third-order valence-corrected chi connectivity index (χ3v) is 7.44. The molecule has 1 atom stereocenters. The molecule has 2 aromatic rings. The molecule has 4 saturated carbocycles. The predicted molar refractivity (Wildman–Crippen MR) is 104 cm³/mol. The Kier molecular flexibility index (Phi) is 3.88. The molecule has 1 aromatic heterocycles. The Bertz CT molecular complexity index is 913.